The Kier molecular flexibility index (Phi) is 5.30. The molecule has 2 aromatic carbocycles. The number of rotatable bonds is 5. The zero-order chi connectivity index (χ0) is 16.8. The second-order valence-corrected chi connectivity index (χ2v) is 4.81. The minimum absolute atomic E-state index is 0.0293. The molecule has 0 saturated carbocycles. The van der Waals surface area contributed by atoms with Crippen molar-refractivity contribution in [2.45, 2.75) is 6.92 Å². The topological polar surface area (TPSA) is 64.6 Å². The standard InChI is InChI=1S/C17H16FNO4/c1-11-7-8-15(22-2)12(9-11)17(21)23-10-16(20)19-14-6-4-3-5-13(14)18/h3-9H,10H2,1-2H3,(H,19,20). The lowest BCUT2D eigenvalue weighted by Gasteiger charge is -2.10. The van der Waals surface area contributed by atoms with Crippen LogP contribution in [0.1, 0.15) is 15.9 Å². The Morgan fingerprint density at radius 3 is 2.61 bits per heavy atom. The molecule has 0 radical (unpaired) electrons. The molecule has 1 amide bonds. The number of carbonyl (C=O) groups is 2. The van der Waals surface area contributed by atoms with Gasteiger partial charge in [0.15, 0.2) is 6.61 Å². The number of amides is 1. The Bertz CT molecular complexity index is 730. The van der Waals surface area contributed by atoms with Crippen molar-refractivity contribution in [2.24, 2.45) is 0 Å². The summed E-state index contributed by atoms with van der Waals surface area (Å²) in [5.74, 6) is -1.52. The highest BCUT2D eigenvalue weighted by atomic mass is 19.1. The molecule has 5 nitrogen and oxygen atoms in total. The van der Waals surface area contributed by atoms with Crippen molar-refractivity contribution >= 4 is 17.6 Å². The first-order chi connectivity index (χ1) is 11.0. The van der Waals surface area contributed by atoms with Gasteiger partial charge < -0.3 is 14.8 Å². The van der Waals surface area contributed by atoms with E-state index >= 15 is 0 Å². The summed E-state index contributed by atoms with van der Waals surface area (Å²) < 4.78 is 23.5. The third-order valence-electron chi connectivity index (χ3n) is 3.06. The van der Waals surface area contributed by atoms with Crippen LogP contribution in [0.5, 0.6) is 5.75 Å². The van der Waals surface area contributed by atoms with Gasteiger partial charge in [-0.3, -0.25) is 4.79 Å². The van der Waals surface area contributed by atoms with Crippen molar-refractivity contribution in [3.8, 4) is 5.75 Å². The maximum atomic E-state index is 13.4. The van der Waals surface area contributed by atoms with E-state index in [1.54, 1.807) is 24.3 Å². The van der Waals surface area contributed by atoms with Gasteiger partial charge in [0, 0.05) is 0 Å². The second-order valence-electron chi connectivity index (χ2n) is 4.81. The van der Waals surface area contributed by atoms with Crippen LogP contribution in [-0.2, 0) is 9.53 Å². The van der Waals surface area contributed by atoms with Crippen LogP contribution in [0, 0.1) is 12.7 Å². The number of aryl methyl sites for hydroxylation is 1. The first-order valence-corrected chi connectivity index (χ1v) is 6.87. The fraction of sp³-hybridized carbons (Fsp3) is 0.176. The van der Waals surface area contributed by atoms with E-state index in [1.165, 1.54) is 25.3 Å². The smallest absolute Gasteiger partial charge is 0.342 e. The van der Waals surface area contributed by atoms with Crippen molar-refractivity contribution in [3.63, 3.8) is 0 Å². The Morgan fingerprint density at radius 2 is 1.91 bits per heavy atom. The number of nitrogens with one attached hydrogen (secondary N) is 1. The van der Waals surface area contributed by atoms with E-state index in [0.29, 0.717) is 5.75 Å². The van der Waals surface area contributed by atoms with Crippen LogP contribution in [0.3, 0.4) is 0 Å². The molecule has 0 aromatic heterocycles. The van der Waals surface area contributed by atoms with Crippen LogP contribution < -0.4 is 10.1 Å². The first kappa shape index (κ1) is 16.5. The highest BCUT2D eigenvalue weighted by Crippen LogP contribution is 2.20. The van der Waals surface area contributed by atoms with E-state index in [-0.39, 0.29) is 11.3 Å². The lowest BCUT2D eigenvalue weighted by molar-refractivity contribution is -0.119. The zero-order valence-corrected chi connectivity index (χ0v) is 12.8. The molecule has 0 saturated heterocycles. The fourth-order valence-electron chi connectivity index (χ4n) is 1.94. The van der Waals surface area contributed by atoms with Crippen LogP contribution in [0.25, 0.3) is 0 Å². The first-order valence-electron chi connectivity index (χ1n) is 6.87. The molecule has 23 heavy (non-hydrogen) atoms. The Balaban J connectivity index is 1.98. The molecule has 2 rings (SSSR count). The number of carbonyl (C=O) groups excluding carboxylic acids is 2. The summed E-state index contributed by atoms with van der Waals surface area (Å²) in [6.45, 7) is 1.30. The summed E-state index contributed by atoms with van der Waals surface area (Å²) in [6.07, 6.45) is 0. The van der Waals surface area contributed by atoms with Gasteiger partial charge in [-0.05, 0) is 31.2 Å². The molecular weight excluding hydrogens is 301 g/mol. The Hall–Kier alpha value is -2.89. The van der Waals surface area contributed by atoms with Gasteiger partial charge in [0.05, 0.1) is 12.8 Å². The molecule has 6 heteroatoms. The predicted molar refractivity (Wildman–Crippen MR) is 83.0 cm³/mol. The minimum Gasteiger partial charge on any atom is -0.496 e. The van der Waals surface area contributed by atoms with Crippen molar-refractivity contribution in [2.75, 3.05) is 19.0 Å². The molecule has 1 N–H and O–H groups in total. The van der Waals surface area contributed by atoms with E-state index in [4.69, 9.17) is 9.47 Å². The van der Waals surface area contributed by atoms with E-state index in [0.717, 1.165) is 5.56 Å². The van der Waals surface area contributed by atoms with Gasteiger partial charge in [-0.1, -0.05) is 23.8 Å². The quantitative estimate of drug-likeness (QED) is 0.861. The summed E-state index contributed by atoms with van der Waals surface area (Å²) in [5, 5.41) is 2.33. The monoisotopic (exact) mass is 317 g/mol. The lowest BCUT2D eigenvalue weighted by atomic mass is 10.1. The SMILES string of the molecule is COc1ccc(C)cc1C(=O)OCC(=O)Nc1ccccc1F. The van der Waals surface area contributed by atoms with Crippen LogP contribution in [0.2, 0.25) is 0 Å². The number of ether oxygens (including phenoxy) is 2. The number of halogens is 1. The van der Waals surface area contributed by atoms with Crippen molar-refractivity contribution in [1.82, 2.24) is 0 Å². The Labute approximate surface area is 133 Å². The highest BCUT2D eigenvalue weighted by Gasteiger charge is 2.16. The Morgan fingerprint density at radius 1 is 1.17 bits per heavy atom. The molecule has 0 aliphatic carbocycles. The fourth-order valence-corrected chi connectivity index (χ4v) is 1.94. The maximum Gasteiger partial charge on any atom is 0.342 e. The normalized spacial score (nSPS) is 10.0. The number of anilines is 1. The molecule has 0 aliphatic heterocycles. The van der Waals surface area contributed by atoms with Gasteiger partial charge in [0.2, 0.25) is 0 Å². The van der Waals surface area contributed by atoms with Gasteiger partial charge in [-0.15, -0.1) is 0 Å². The maximum absolute atomic E-state index is 13.4. The average Bonchev–Trinajstić information content (AvgIpc) is 2.54. The number of hydrogen-bond donors (Lipinski definition) is 1. The molecule has 0 bridgehead atoms. The van der Waals surface area contributed by atoms with Gasteiger partial charge in [-0.2, -0.15) is 0 Å². The van der Waals surface area contributed by atoms with Crippen LogP contribution in [-0.4, -0.2) is 25.6 Å². The van der Waals surface area contributed by atoms with E-state index in [1.807, 2.05) is 6.92 Å². The third-order valence-corrected chi connectivity index (χ3v) is 3.06. The van der Waals surface area contributed by atoms with Crippen molar-refractivity contribution in [1.29, 1.82) is 0 Å². The predicted octanol–water partition coefficient (Wildman–Crippen LogP) is 2.94. The third kappa shape index (κ3) is 4.29. The number of para-hydroxylation sites is 1. The van der Waals surface area contributed by atoms with Crippen LogP contribution in [0.4, 0.5) is 10.1 Å². The molecule has 0 atom stereocenters. The molecular formula is C17H16FNO4. The number of esters is 1. The summed E-state index contributed by atoms with van der Waals surface area (Å²) in [7, 11) is 1.44. The van der Waals surface area contributed by atoms with Crippen molar-refractivity contribution in [3.05, 3.63) is 59.4 Å². The highest BCUT2D eigenvalue weighted by molar-refractivity contribution is 5.96. The number of methoxy groups -OCH3 is 1. The summed E-state index contributed by atoms with van der Waals surface area (Å²) in [6, 6.07) is 10.8. The van der Waals surface area contributed by atoms with Gasteiger partial charge in [0.1, 0.15) is 17.1 Å². The molecule has 120 valence electrons. The zero-order valence-electron chi connectivity index (χ0n) is 12.8. The van der Waals surface area contributed by atoms with E-state index in [2.05, 4.69) is 5.32 Å². The number of benzene rings is 2. The molecule has 0 fully saturated rings. The average molecular weight is 317 g/mol. The van der Waals surface area contributed by atoms with Crippen molar-refractivity contribution < 1.29 is 23.5 Å². The summed E-state index contributed by atoms with van der Waals surface area (Å²) in [4.78, 5) is 23.8. The molecule has 0 unspecified atom stereocenters. The summed E-state index contributed by atoms with van der Waals surface area (Å²) in [5.41, 5.74) is 1.11. The van der Waals surface area contributed by atoms with E-state index in [9.17, 15) is 14.0 Å². The molecule has 2 aromatic rings. The summed E-state index contributed by atoms with van der Waals surface area (Å²) >= 11 is 0. The molecule has 0 heterocycles. The molecule has 0 spiro atoms. The minimum atomic E-state index is -0.686. The number of hydrogen-bond acceptors (Lipinski definition) is 4. The molecule has 0 aliphatic rings. The largest absolute Gasteiger partial charge is 0.496 e. The van der Waals surface area contributed by atoms with Gasteiger partial charge in [0.25, 0.3) is 5.91 Å². The van der Waals surface area contributed by atoms with E-state index < -0.39 is 24.3 Å². The van der Waals surface area contributed by atoms with Gasteiger partial charge >= 0.3 is 5.97 Å². The lowest BCUT2D eigenvalue weighted by Crippen LogP contribution is -2.21. The van der Waals surface area contributed by atoms with Crippen LogP contribution in [0.15, 0.2) is 42.5 Å². The van der Waals surface area contributed by atoms with Gasteiger partial charge in [-0.25, -0.2) is 9.18 Å². The van der Waals surface area contributed by atoms with Crippen LogP contribution >= 0.6 is 0 Å². The second kappa shape index (κ2) is 7.40.